The number of hydrogen-bond donors (Lipinski definition) is 1. The van der Waals surface area contributed by atoms with Crippen LogP contribution >= 0.6 is 0 Å². The van der Waals surface area contributed by atoms with Crippen LogP contribution in [0.1, 0.15) is 87.2 Å². The van der Waals surface area contributed by atoms with E-state index in [4.69, 9.17) is 9.72 Å². The molecule has 1 aromatic carbocycles. The minimum Gasteiger partial charge on any atom is -0.479 e. The average molecular weight is 571 g/mol. The average Bonchev–Trinajstić information content (AvgIpc) is 2.91. The van der Waals surface area contributed by atoms with Crippen molar-refractivity contribution in [1.29, 1.82) is 0 Å². The molecule has 0 spiro atoms. The number of carboxylic acid groups (broad SMARTS) is 1. The molecule has 1 atom stereocenters. The van der Waals surface area contributed by atoms with Crippen LogP contribution in [0.3, 0.4) is 0 Å². The fourth-order valence-corrected chi connectivity index (χ4v) is 6.41. The van der Waals surface area contributed by atoms with Crippen LogP contribution in [-0.2, 0) is 29.0 Å². The fraction of sp³-hybridized carbons (Fsp3) is 0.514. The summed E-state index contributed by atoms with van der Waals surface area (Å²) >= 11 is 0. The number of carbonyl (C=O) groups is 1. The molecule has 0 bridgehead atoms. The summed E-state index contributed by atoms with van der Waals surface area (Å²) in [4.78, 5) is 26.9. The van der Waals surface area contributed by atoms with Gasteiger partial charge in [-0.25, -0.2) is 4.79 Å². The molecule has 7 nitrogen and oxygen atoms in total. The monoisotopic (exact) mass is 570 g/mol. The van der Waals surface area contributed by atoms with Crippen LogP contribution in [0.4, 0.5) is 5.69 Å². The van der Waals surface area contributed by atoms with Crippen LogP contribution in [0, 0.1) is 19.3 Å². The lowest BCUT2D eigenvalue weighted by Gasteiger charge is -2.41. The van der Waals surface area contributed by atoms with Crippen LogP contribution in [0.2, 0.25) is 0 Å². The number of aliphatic carboxylic acids is 1. The molecule has 0 radical (unpaired) electrons. The van der Waals surface area contributed by atoms with Crippen molar-refractivity contribution < 1.29 is 14.6 Å². The summed E-state index contributed by atoms with van der Waals surface area (Å²) in [6.07, 6.45) is 5.70. The van der Waals surface area contributed by atoms with Gasteiger partial charge in [-0.3, -0.25) is 14.9 Å². The lowest BCUT2D eigenvalue weighted by molar-refractivity contribution is -0.160. The van der Waals surface area contributed by atoms with Gasteiger partial charge in [-0.15, -0.1) is 0 Å². The van der Waals surface area contributed by atoms with E-state index < -0.39 is 17.7 Å². The highest BCUT2D eigenvalue weighted by Gasteiger charge is 2.36. The number of rotatable bonds is 7. The molecule has 0 aliphatic carbocycles. The van der Waals surface area contributed by atoms with Crippen molar-refractivity contribution in [2.75, 3.05) is 24.5 Å². The van der Waals surface area contributed by atoms with Crippen LogP contribution in [0.25, 0.3) is 11.1 Å². The SMILES string of the molecule is Cc1nc(C)c([C@H](OC(C)(C)C)C(=O)O)c(N2CCC(C)(C)CC2)c1-c1ccc2c(c1)CCN(Cc1cccnc1)C2. The first-order chi connectivity index (χ1) is 19.8. The maximum absolute atomic E-state index is 12.8. The Morgan fingerprint density at radius 1 is 1.07 bits per heavy atom. The molecule has 3 aromatic rings. The summed E-state index contributed by atoms with van der Waals surface area (Å²) in [5, 5.41) is 10.5. The Kier molecular flexibility index (Phi) is 8.46. The van der Waals surface area contributed by atoms with Crippen molar-refractivity contribution in [3.8, 4) is 11.1 Å². The standard InChI is InChI=1S/C35H46N4O3/c1-23-29(27-10-11-28-22-38(16-12-26(28)19-27)21-25-9-8-15-36-20-25)31(39-17-13-35(6,7)14-18-39)30(24(2)37-23)32(33(40)41)42-34(3,4)5/h8-11,15,19-20,32H,12-14,16-18,21-22H2,1-7H3,(H,40,41)/t32-/m0/s1. The number of anilines is 1. The fourth-order valence-electron chi connectivity index (χ4n) is 6.41. The summed E-state index contributed by atoms with van der Waals surface area (Å²) in [6, 6.07) is 10.9. The highest BCUT2D eigenvalue weighted by atomic mass is 16.5. The van der Waals surface area contributed by atoms with E-state index in [9.17, 15) is 9.90 Å². The van der Waals surface area contributed by atoms with Gasteiger partial charge >= 0.3 is 5.97 Å². The van der Waals surface area contributed by atoms with Gasteiger partial charge in [-0.1, -0.05) is 38.1 Å². The second kappa shape index (κ2) is 11.8. The largest absolute Gasteiger partial charge is 0.479 e. The molecule has 224 valence electrons. The maximum atomic E-state index is 12.8. The van der Waals surface area contributed by atoms with Gasteiger partial charge in [0.05, 0.1) is 11.3 Å². The van der Waals surface area contributed by atoms with E-state index in [1.54, 1.807) is 0 Å². The molecule has 2 aromatic heterocycles. The predicted molar refractivity (Wildman–Crippen MR) is 168 cm³/mol. The summed E-state index contributed by atoms with van der Waals surface area (Å²) in [5.74, 6) is -0.984. The van der Waals surface area contributed by atoms with E-state index in [1.807, 2.05) is 46.2 Å². The first-order valence-corrected chi connectivity index (χ1v) is 15.2. The smallest absolute Gasteiger partial charge is 0.337 e. The zero-order valence-corrected chi connectivity index (χ0v) is 26.3. The quantitative estimate of drug-likeness (QED) is 0.332. The second-order valence-corrected chi connectivity index (χ2v) is 13.8. The van der Waals surface area contributed by atoms with E-state index >= 15 is 0 Å². The summed E-state index contributed by atoms with van der Waals surface area (Å²) in [5.41, 5.74) is 8.97. The number of aryl methyl sites for hydroxylation is 2. The van der Waals surface area contributed by atoms with Crippen molar-refractivity contribution >= 4 is 11.7 Å². The first kappa shape index (κ1) is 30.2. The number of hydrogen-bond acceptors (Lipinski definition) is 6. The molecule has 42 heavy (non-hydrogen) atoms. The minimum absolute atomic E-state index is 0.259. The molecule has 1 N–H and O–H groups in total. The number of benzene rings is 1. The topological polar surface area (TPSA) is 78.8 Å². The predicted octanol–water partition coefficient (Wildman–Crippen LogP) is 6.89. The molecule has 0 amide bonds. The Morgan fingerprint density at radius 2 is 1.81 bits per heavy atom. The van der Waals surface area contributed by atoms with Crippen molar-refractivity contribution in [2.24, 2.45) is 5.41 Å². The number of aromatic nitrogens is 2. The molecule has 2 aliphatic rings. The molecule has 0 saturated carbocycles. The highest BCUT2D eigenvalue weighted by Crippen LogP contribution is 2.45. The molecule has 1 saturated heterocycles. The van der Waals surface area contributed by atoms with Crippen LogP contribution < -0.4 is 4.90 Å². The van der Waals surface area contributed by atoms with Gasteiger partial charge in [-0.2, -0.15) is 0 Å². The Bertz CT molecular complexity index is 1430. The molecule has 5 rings (SSSR count). The Labute approximate surface area is 250 Å². The highest BCUT2D eigenvalue weighted by molar-refractivity contribution is 5.88. The van der Waals surface area contributed by atoms with Gasteiger partial charge in [-0.05, 0) is 87.6 Å². The van der Waals surface area contributed by atoms with Gasteiger partial charge in [0.2, 0.25) is 0 Å². The van der Waals surface area contributed by atoms with Gasteiger partial charge in [0, 0.05) is 67.6 Å². The number of pyridine rings is 2. The zero-order valence-electron chi connectivity index (χ0n) is 26.3. The first-order valence-electron chi connectivity index (χ1n) is 15.2. The molecule has 1 fully saturated rings. The van der Waals surface area contributed by atoms with Crippen LogP contribution in [0.5, 0.6) is 0 Å². The molecule has 7 heteroatoms. The van der Waals surface area contributed by atoms with E-state index in [0.717, 1.165) is 80.2 Å². The van der Waals surface area contributed by atoms with E-state index in [2.05, 4.69) is 59.8 Å². The minimum atomic E-state index is -1.11. The van der Waals surface area contributed by atoms with E-state index in [1.165, 1.54) is 16.7 Å². The maximum Gasteiger partial charge on any atom is 0.337 e. The number of carboxylic acids is 1. The molecule has 2 aliphatic heterocycles. The van der Waals surface area contributed by atoms with Gasteiger partial charge in [0.15, 0.2) is 6.10 Å². The normalized spacial score (nSPS) is 18.0. The summed E-state index contributed by atoms with van der Waals surface area (Å²) < 4.78 is 6.24. The molecular weight excluding hydrogens is 524 g/mol. The summed E-state index contributed by atoms with van der Waals surface area (Å²) in [7, 11) is 0. The third kappa shape index (κ3) is 6.68. The second-order valence-electron chi connectivity index (χ2n) is 13.8. The lowest BCUT2D eigenvalue weighted by atomic mass is 9.81. The molecular formula is C35H46N4O3. The van der Waals surface area contributed by atoms with E-state index in [0.29, 0.717) is 5.56 Å². The number of nitrogens with zero attached hydrogens (tertiary/aromatic N) is 4. The van der Waals surface area contributed by atoms with Gasteiger partial charge < -0.3 is 14.7 Å². The number of ether oxygens (including phenoxy) is 1. The summed E-state index contributed by atoms with van der Waals surface area (Å²) in [6.45, 7) is 18.8. The Balaban J connectivity index is 1.58. The third-order valence-corrected chi connectivity index (χ3v) is 8.69. The van der Waals surface area contributed by atoms with Crippen LogP contribution in [-0.4, -0.2) is 51.2 Å². The third-order valence-electron chi connectivity index (χ3n) is 8.69. The number of fused-ring (bicyclic) bond motifs is 1. The van der Waals surface area contributed by atoms with Crippen LogP contribution in [0.15, 0.2) is 42.7 Å². The molecule has 4 heterocycles. The lowest BCUT2D eigenvalue weighted by Crippen LogP contribution is -2.39. The number of piperidine rings is 1. The van der Waals surface area contributed by atoms with Crippen molar-refractivity contribution in [1.82, 2.24) is 14.9 Å². The van der Waals surface area contributed by atoms with Crippen molar-refractivity contribution in [3.05, 3.63) is 76.4 Å². The Morgan fingerprint density at radius 3 is 2.45 bits per heavy atom. The zero-order chi connectivity index (χ0) is 30.2. The van der Waals surface area contributed by atoms with Gasteiger partial charge in [0.25, 0.3) is 0 Å². The Hall–Kier alpha value is -3.29. The van der Waals surface area contributed by atoms with E-state index in [-0.39, 0.29) is 5.41 Å². The van der Waals surface area contributed by atoms with Gasteiger partial charge in [0.1, 0.15) is 0 Å². The van der Waals surface area contributed by atoms with Crippen molar-refractivity contribution in [3.63, 3.8) is 0 Å². The van der Waals surface area contributed by atoms with Crippen molar-refractivity contribution in [2.45, 2.75) is 92.5 Å². The molecule has 0 unspecified atom stereocenters.